The van der Waals surface area contributed by atoms with Crippen LogP contribution in [0.4, 0.5) is 11.5 Å². The topological polar surface area (TPSA) is 91.6 Å². The van der Waals surface area contributed by atoms with E-state index in [-0.39, 0.29) is 6.04 Å². The molecule has 7 nitrogen and oxygen atoms in total. The van der Waals surface area contributed by atoms with Crippen LogP contribution in [-0.4, -0.2) is 53.3 Å². The molecule has 1 saturated heterocycles. The van der Waals surface area contributed by atoms with Gasteiger partial charge >= 0.3 is 11.8 Å². The second kappa shape index (κ2) is 8.39. The van der Waals surface area contributed by atoms with Crippen LogP contribution < -0.4 is 11.1 Å². The van der Waals surface area contributed by atoms with Crippen LogP contribution in [0.5, 0.6) is 0 Å². The molecule has 1 aromatic carbocycles. The van der Waals surface area contributed by atoms with E-state index < -0.39 is 11.8 Å². The Labute approximate surface area is 165 Å². The molecular weight excluding hydrogens is 354 g/mol. The fraction of sp³-hybridized carbons (Fsp3) is 0.381. The molecule has 1 aliphatic heterocycles. The molecular formula is C21H27N5O2. The third-order valence-electron chi connectivity index (χ3n) is 5.32. The Bertz CT molecular complexity index is 853. The highest BCUT2D eigenvalue weighted by Gasteiger charge is 2.36. The highest BCUT2D eigenvalue weighted by Crippen LogP contribution is 2.32. The molecule has 2 heterocycles. The molecule has 7 heteroatoms. The molecule has 2 aromatic rings. The van der Waals surface area contributed by atoms with Crippen LogP contribution in [0, 0.1) is 6.92 Å². The highest BCUT2D eigenvalue weighted by molar-refractivity contribution is 6.39. The van der Waals surface area contributed by atoms with Gasteiger partial charge in [0, 0.05) is 12.6 Å². The van der Waals surface area contributed by atoms with Crippen LogP contribution in [0.3, 0.4) is 0 Å². The zero-order chi connectivity index (χ0) is 20.3. The number of hydrogen-bond acceptors (Lipinski definition) is 5. The summed E-state index contributed by atoms with van der Waals surface area (Å²) in [6, 6.07) is 11.8. The van der Waals surface area contributed by atoms with Crippen molar-refractivity contribution in [2.45, 2.75) is 31.8 Å². The van der Waals surface area contributed by atoms with Crippen molar-refractivity contribution < 1.29 is 9.59 Å². The van der Waals surface area contributed by atoms with E-state index in [9.17, 15) is 9.59 Å². The summed E-state index contributed by atoms with van der Waals surface area (Å²) in [5, 5.41) is 2.65. The Kier molecular flexibility index (Phi) is 5.94. The summed E-state index contributed by atoms with van der Waals surface area (Å²) in [6.07, 6.45) is 3.08. The van der Waals surface area contributed by atoms with Crippen LogP contribution in [0.2, 0.25) is 0 Å². The second-order valence-electron chi connectivity index (χ2n) is 7.45. The van der Waals surface area contributed by atoms with Crippen LogP contribution >= 0.6 is 0 Å². The molecule has 28 heavy (non-hydrogen) atoms. The van der Waals surface area contributed by atoms with Crippen molar-refractivity contribution in [3.63, 3.8) is 0 Å². The summed E-state index contributed by atoms with van der Waals surface area (Å²) in [5.41, 5.74) is 7.97. The van der Waals surface area contributed by atoms with Gasteiger partial charge in [0.15, 0.2) is 0 Å². The van der Waals surface area contributed by atoms with Crippen molar-refractivity contribution in [1.29, 1.82) is 0 Å². The number of aryl methyl sites for hydroxylation is 1. The molecule has 0 unspecified atom stereocenters. The molecule has 0 aliphatic carbocycles. The lowest BCUT2D eigenvalue weighted by atomic mass is 9.91. The van der Waals surface area contributed by atoms with Gasteiger partial charge in [0.2, 0.25) is 0 Å². The van der Waals surface area contributed by atoms with Gasteiger partial charge in [0.1, 0.15) is 5.82 Å². The summed E-state index contributed by atoms with van der Waals surface area (Å²) in [5.74, 6) is -0.782. The van der Waals surface area contributed by atoms with E-state index in [1.807, 2.05) is 44.4 Å². The molecule has 1 fully saturated rings. The number of likely N-dealkylation sites (tertiary alicyclic amines) is 1. The first-order valence-corrected chi connectivity index (χ1v) is 9.42. The lowest BCUT2D eigenvalue weighted by Gasteiger charge is -2.41. The summed E-state index contributed by atoms with van der Waals surface area (Å²) in [4.78, 5) is 33.5. The largest absolute Gasteiger partial charge is 0.383 e. The number of hydrogen-bond donors (Lipinski definition) is 2. The Balaban J connectivity index is 1.79. The molecule has 3 N–H and O–H groups in total. The number of benzene rings is 1. The molecule has 1 aliphatic rings. The Morgan fingerprint density at radius 1 is 1.25 bits per heavy atom. The molecule has 3 rings (SSSR count). The van der Waals surface area contributed by atoms with Crippen molar-refractivity contribution in [1.82, 2.24) is 14.8 Å². The summed E-state index contributed by atoms with van der Waals surface area (Å²) >= 11 is 0. The highest BCUT2D eigenvalue weighted by atomic mass is 16.2. The molecule has 0 spiro atoms. The zero-order valence-electron chi connectivity index (χ0n) is 16.6. The van der Waals surface area contributed by atoms with Crippen LogP contribution in [0.25, 0.3) is 0 Å². The van der Waals surface area contributed by atoms with Gasteiger partial charge in [-0.1, -0.05) is 30.3 Å². The lowest BCUT2D eigenvalue weighted by Crippen LogP contribution is -2.49. The third kappa shape index (κ3) is 4.31. The number of carbonyl (C=O) groups excluding carboxylic acids is 2. The van der Waals surface area contributed by atoms with Crippen molar-refractivity contribution in [3.8, 4) is 0 Å². The first-order valence-electron chi connectivity index (χ1n) is 9.42. The van der Waals surface area contributed by atoms with Crippen molar-refractivity contribution in [3.05, 3.63) is 53.7 Å². The van der Waals surface area contributed by atoms with E-state index in [0.717, 1.165) is 24.0 Å². The Hall–Kier alpha value is -2.93. The maximum Gasteiger partial charge on any atom is 0.313 e. The Morgan fingerprint density at radius 2 is 1.96 bits per heavy atom. The minimum atomic E-state index is -0.657. The second-order valence-corrected chi connectivity index (χ2v) is 7.45. The fourth-order valence-corrected chi connectivity index (χ4v) is 3.62. The van der Waals surface area contributed by atoms with Crippen molar-refractivity contribution >= 4 is 23.3 Å². The van der Waals surface area contributed by atoms with E-state index >= 15 is 0 Å². The van der Waals surface area contributed by atoms with Crippen LogP contribution in [-0.2, 0) is 9.59 Å². The smallest absolute Gasteiger partial charge is 0.313 e. The average Bonchev–Trinajstić information content (AvgIpc) is 2.70. The minimum Gasteiger partial charge on any atom is -0.383 e. The molecule has 0 bridgehead atoms. The SMILES string of the molecule is Cc1cc(NC(=O)C(=O)N2CC[C@H](N(C)C)C[C@H]2c2ccccc2)cnc1N. The predicted molar refractivity (Wildman–Crippen MR) is 110 cm³/mol. The number of nitrogens with one attached hydrogen (secondary N) is 1. The molecule has 1 aromatic heterocycles. The Morgan fingerprint density at radius 3 is 2.61 bits per heavy atom. The number of anilines is 2. The number of aromatic nitrogens is 1. The first kappa shape index (κ1) is 19.8. The maximum absolute atomic E-state index is 13.0. The van der Waals surface area contributed by atoms with Gasteiger partial charge in [-0.25, -0.2) is 4.98 Å². The predicted octanol–water partition coefficient (Wildman–Crippen LogP) is 2.20. The number of amides is 2. The van der Waals surface area contributed by atoms with Crippen molar-refractivity contribution in [2.75, 3.05) is 31.7 Å². The normalized spacial score (nSPS) is 19.5. The average molecular weight is 381 g/mol. The van der Waals surface area contributed by atoms with Gasteiger partial charge in [-0.15, -0.1) is 0 Å². The maximum atomic E-state index is 13.0. The third-order valence-corrected chi connectivity index (χ3v) is 5.32. The van der Waals surface area contributed by atoms with Gasteiger partial charge in [-0.05, 0) is 51.1 Å². The minimum absolute atomic E-state index is 0.133. The van der Waals surface area contributed by atoms with Gasteiger partial charge in [0.05, 0.1) is 17.9 Å². The van der Waals surface area contributed by atoms with E-state index in [4.69, 9.17) is 5.73 Å². The van der Waals surface area contributed by atoms with Crippen molar-refractivity contribution in [2.24, 2.45) is 0 Å². The van der Waals surface area contributed by atoms with Gasteiger partial charge in [0.25, 0.3) is 0 Å². The first-order chi connectivity index (χ1) is 13.4. The number of pyridine rings is 1. The quantitative estimate of drug-likeness (QED) is 0.796. The number of rotatable bonds is 3. The number of nitrogen functional groups attached to an aromatic ring is 1. The molecule has 0 radical (unpaired) electrons. The van der Waals surface area contributed by atoms with Gasteiger partial charge in [-0.2, -0.15) is 0 Å². The van der Waals surface area contributed by atoms with Crippen LogP contribution in [0.1, 0.15) is 30.0 Å². The standard InChI is InChI=1S/C21H27N5O2/c1-14-11-16(13-23-19(14)22)24-20(27)21(28)26-10-9-17(25(2)3)12-18(26)15-7-5-4-6-8-15/h4-8,11,13,17-18H,9-10,12H2,1-3H3,(H2,22,23)(H,24,27)/t17-,18-/m0/s1. The fourth-order valence-electron chi connectivity index (χ4n) is 3.62. The summed E-state index contributed by atoms with van der Waals surface area (Å²) in [6.45, 7) is 2.34. The molecule has 0 saturated carbocycles. The summed E-state index contributed by atoms with van der Waals surface area (Å²) in [7, 11) is 4.10. The number of nitrogens with two attached hydrogens (primary N) is 1. The molecule has 2 amide bonds. The van der Waals surface area contributed by atoms with Crippen LogP contribution in [0.15, 0.2) is 42.6 Å². The van der Waals surface area contributed by atoms with E-state index in [1.165, 1.54) is 6.20 Å². The summed E-state index contributed by atoms with van der Waals surface area (Å²) < 4.78 is 0. The zero-order valence-corrected chi connectivity index (χ0v) is 16.6. The molecule has 148 valence electrons. The number of piperidine rings is 1. The number of carbonyl (C=O) groups is 2. The van der Waals surface area contributed by atoms with E-state index in [2.05, 4.69) is 15.2 Å². The van der Waals surface area contributed by atoms with E-state index in [0.29, 0.717) is 24.1 Å². The molecule has 2 atom stereocenters. The van der Waals surface area contributed by atoms with Gasteiger partial charge in [-0.3, -0.25) is 9.59 Å². The monoisotopic (exact) mass is 381 g/mol. The lowest BCUT2D eigenvalue weighted by molar-refractivity contribution is -0.146. The number of nitrogens with zero attached hydrogens (tertiary/aromatic N) is 3. The van der Waals surface area contributed by atoms with E-state index in [1.54, 1.807) is 17.9 Å². The van der Waals surface area contributed by atoms with Gasteiger partial charge < -0.3 is 20.9 Å².